The van der Waals surface area contributed by atoms with Gasteiger partial charge in [-0.1, -0.05) is 11.6 Å². The minimum absolute atomic E-state index is 0.0504. The van der Waals surface area contributed by atoms with Gasteiger partial charge < -0.3 is 14.4 Å². The highest BCUT2D eigenvalue weighted by atomic mass is 35.5. The molecule has 2 fully saturated rings. The minimum Gasteiger partial charge on any atom is -0.355 e. The van der Waals surface area contributed by atoms with Gasteiger partial charge >= 0.3 is 0 Å². The Hall–Kier alpha value is -2.08. The largest absolute Gasteiger partial charge is 0.355 e. The monoisotopic (exact) mass is 401 g/mol. The highest BCUT2D eigenvalue weighted by Crippen LogP contribution is 2.30. The number of carbonyl (C=O) groups is 1. The van der Waals surface area contributed by atoms with Gasteiger partial charge in [-0.15, -0.1) is 0 Å². The van der Waals surface area contributed by atoms with Crippen molar-refractivity contribution >= 4 is 23.3 Å². The molecule has 0 radical (unpaired) electrons. The molecule has 0 atom stereocenters. The predicted molar refractivity (Wildman–Crippen MR) is 111 cm³/mol. The van der Waals surface area contributed by atoms with E-state index in [1.807, 2.05) is 24.3 Å². The van der Waals surface area contributed by atoms with E-state index < -0.39 is 0 Å². The van der Waals surface area contributed by atoms with Gasteiger partial charge in [-0.25, -0.2) is 9.97 Å². The number of rotatable bonds is 4. The number of hydrogen-bond donors (Lipinski definition) is 0. The zero-order valence-electron chi connectivity index (χ0n) is 16.5. The van der Waals surface area contributed by atoms with Crippen LogP contribution >= 0.6 is 11.6 Å². The molecule has 0 spiro atoms. The van der Waals surface area contributed by atoms with Crippen LogP contribution in [0.2, 0.25) is 5.02 Å². The number of halogens is 1. The van der Waals surface area contributed by atoms with Crippen LogP contribution in [0.25, 0.3) is 0 Å². The van der Waals surface area contributed by atoms with Gasteiger partial charge in [-0.2, -0.15) is 0 Å². The fourth-order valence-electron chi connectivity index (χ4n) is 4.26. The van der Waals surface area contributed by atoms with E-state index in [1.165, 1.54) is 6.42 Å². The highest BCUT2D eigenvalue weighted by molar-refractivity contribution is 6.33. The fourth-order valence-corrected chi connectivity index (χ4v) is 4.55. The van der Waals surface area contributed by atoms with E-state index in [1.54, 1.807) is 12.3 Å². The first-order valence-corrected chi connectivity index (χ1v) is 10.7. The van der Waals surface area contributed by atoms with E-state index in [4.69, 9.17) is 11.6 Å². The number of piperidine rings is 2. The number of carbonyl (C=O) groups excluding carboxylic acids is 1. The Morgan fingerprint density at radius 3 is 2.54 bits per heavy atom. The molecule has 2 aromatic rings. The molecule has 2 aliphatic rings. The summed E-state index contributed by atoms with van der Waals surface area (Å²) in [6.45, 7) is 3.53. The Bertz CT molecular complexity index is 822. The fraction of sp³-hybridized carbons (Fsp3) is 0.571. The van der Waals surface area contributed by atoms with E-state index >= 15 is 0 Å². The molecule has 1 amide bonds. The lowest BCUT2D eigenvalue weighted by molar-refractivity contribution is 0.0724. The zero-order chi connectivity index (χ0) is 19.5. The molecule has 0 N–H and O–H groups in total. The van der Waals surface area contributed by atoms with Crippen molar-refractivity contribution in [2.45, 2.75) is 38.5 Å². The summed E-state index contributed by atoms with van der Waals surface area (Å²) in [7, 11) is 2.05. The number of hydrogen-bond acceptors (Lipinski definition) is 4. The quantitative estimate of drug-likeness (QED) is 0.786. The molecule has 0 aromatic carbocycles. The Morgan fingerprint density at radius 2 is 1.89 bits per heavy atom. The summed E-state index contributed by atoms with van der Waals surface area (Å²) in [6, 6.07) is 1.79. The van der Waals surface area contributed by atoms with Crippen LogP contribution in [0.1, 0.15) is 48.3 Å². The Kier molecular flexibility index (Phi) is 5.85. The number of aryl methyl sites for hydroxylation is 1. The van der Waals surface area contributed by atoms with E-state index in [9.17, 15) is 4.79 Å². The molecule has 2 saturated heterocycles. The predicted octanol–water partition coefficient (Wildman–Crippen LogP) is 3.55. The molecule has 0 saturated carbocycles. The van der Waals surface area contributed by atoms with Gasteiger partial charge in [-0.05, 0) is 44.1 Å². The van der Waals surface area contributed by atoms with Crippen LogP contribution in [0.15, 0.2) is 24.7 Å². The Labute approximate surface area is 171 Å². The molecule has 28 heavy (non-hydrogen) atoms. The van der Waals surface area contributed by atoms with Gasteiger partial charge in [0, 0.05) is 58.2 Å². The summed E-state index contributed by atoms with van der Waals surface area (Å²) < 4.78 is 2.10. The van der Waals surface area contributed by atoms with E-state index in [2.05, 4.69) is 19.4 Å². The van der Waals surface area contributed by atoms with Gasteiger partial charge in [0.05, 0.1) is 10.6 Å². The number of amides is 1. The van der Waals surface area contributed by atoms with Crippen molar-refractivity contribution in [3.8, 4) is 0 Å². The molecule has 6 nitrogen and oxygen atoms in total. The van der Waals surface area contributed by atoms with Gasteiger partial charge in [0.25, 0.3) is 5.91 Å². The van der Waals surface area contributed by atoms with Crippen LogP contribution in [0.3, 0.4) is 0 Å². The van der Waals surface area contributed by atoms with E-state index in [0.717, 1.165) is 69.9 Å². The number of likely N-dealkylation sites (tertiary alicyclic amines) is 1. The second-order valence-corrected chi connectivity index (χ2v) is 8.38. The molecule has 4 rings (SSSR count). The molecular weight excluding hydrogens is 374 g/mol. The van der Waals surface area contributed by atoms with Crippen molar-refractivity contribution in [3.63, 3.8) is 0 Å². The number of imidazole rings is 1. The van der Waals surface area contributed by atoms with Gasteiger partial charge in [-0.3, -0.25) is 4.79 Å². The van der Waals surface area contributed by atoms with Crippen LogP contribution in [0.5, 0.6) is 0 Å². The molecule has 2 aromatic heterocycles. The maximum absolute atomic E-state index is 12.7. The van der Waals surface area contributed by atoms with Crippen molar-refractivity contribution in [3.05, 3.63) is 41.1 Å². The molecule has 7 heteroatoms. The van der Waals surface area contributed by atoms with E-state index in [-0.39, 0.29) is 5.91 Å². The number of anilines is 1. The average molecular weight is 402 g/mol. The first kappa shape index (κ1) is 19.2. The molecule has 4 heterocycles. The van der Waals surface area contributed by atoms with Gasteiger partial charge in [0.2, 0.25) is 0 Å². The third-order valence-electron chi connectivity index (χ3n) is 6.02. The molecule has 0 bridgehead atoms. The minimum atomic E-state index is 0.0504. The second kappa shape index (κ2) is 8.52. The Morgan fingerprint density at radius 1 is 1.14 bits per heavy atom. The van der Waals surface area contributed by atoms with Crippen LogP contribution < -0.4 is 4.90 Å². The van der Waals surface area contributed by atoms with E-state index in [0.29, 0.717) is 16.5 Å². The lowest BCUT2D eigenvalue weighted by Crippen LogP contribution is -2.36. The molecule has 2 aliphatic heterocycles. The molecular formula is C21H28ClN5O. The van der Waals surface area contributed by atoms with Gasteiger partial charge in [0.1, 0.15) is 11.6 Å². The summed E-state index contributed by atoms with van der Waals surface area (Å²) in [4.78, 5) is 25.8. The van der Waals surface area contributed by atoms with Crippen LogP contribution in [0, 0.1) is 5.92 Å². The van der Waals surface area contributed by atoms with Crippen molar-refractivity contribution in [2.75, 3.05) is 31.1 Å². The van der Waals surface area contributed by atoms with Gasteiger partial charge in [0.15, 0.2) is 0 Å². The molecule has 150 valence electrons. The third-order valence-corrected chi connectivity index (χ3v) is 6.30. The lowest BCUT2D eigenvalue weighted by Gasteiger charge is -2.33. The smallest absolute Gasteiger partial charge is 0.255 e. The topological polar surface area (TPSA) is 54.3 Å². The molecule has 0 unspecified atom stereocenters. The van der Waals surface area contributed by atoms with Crippen molar-refractivity contribution < 1.29 is 4.79 Å². The van der Waals surface area contributed by atoms with Crippen LogP contribution in [-0.2, 0) is 13.5 Å². The summed E-state index contributed by atoms with van der Waals surface area (Å²) in [5, 5.41) is 0.574. The first-order chi connectivity index (χ1) is 13.6. The summed E-state index contributed by atoms with van der Waals surface area (Å²) >= 11 is 6.53. The first-order valence-electron chi connectivity index (χ1n) is 10.3. The average Bonchev–Trinajstić information content (AvgIpc) is 3.13. The second-order valence-electron chi connectivity index (χ2n) is 7.97. The number of aromatic nitrogens is 3. The van der Waals surface area contributed by atoms with Crippen molar-refractivity contribution in [2.24, 2.45) is 13.0 Å². The standard InChI is InChI=1S/C21H28ClN5O/c1-25-12-7-23-19(25)13-16-5-10-26(11-6-16)20-18(22)14-17(15-24-20)21(28)27-8-3-2-4-9-27/h7,12,14-16H,2-6,8-11,13H2,1H3. The maximum atomic E-state index is 12.7. The highest BCUT2D eigenvalue weighted by Gasteiger charge is 2.24. The summed E-state index contributed by atoms with van der Waals surface area (Å²) in [6.07, 6.45) is 12.1. The SMILES string of the molecule is Cn1ccnc1CC1CCN(c2ncc(C(=O)N3CCCCC3)cc2Cl)CC1. The summed E-state index contributed by atoms with van der Waals surface area (Å²) in [5.74, 6) is 2.63. The normalized spacial score (nSPS) is 18.5. The number of pyridine rings is 1. The van der Waals surface area contributed by atoms with Crippen LogP contribution in [0.4, 0.5) is 5.82 Å². The summed E-state index contributed by atoms with van der Waals surface area (Å²) in [5.41, 5.74) is 0.598. The maximum Gasteiger partial charge on any atom is 0.255 e. The molecule has 0 aliphatic carbocycles. The number of nitrogens with zero attached hydrogens (tertiary/aromatic N) is 5. The lowest BCUT2D eigenvalue weighted by atomic mass is 9.93. The van der Waals surface area contributed by atoms with Crippen molar-refractivity contribution in [1.82, 2.24) is 19.4 Å². The Balaban J connectivity index is 1.37. The van der Waals surface area contributed by atoms with Crippen molar-refractivity contribution in [1.29, 1.82) is 0 Å². The zero-order valence-corrected chi connectivity index (χ0v) is 17.2. The third kappa shape index (κ3) is 4.17. The van der Waals surface area contributed by atoms with Crippen LogP contribution in [-0.4, -0.2) is 51.5 Å².